The normalized spacial score (nSPS) is 10.1. The molecule has 0 unspecified atom stereocenters. The minimum absolute atomic E-state index is 0.658. The Kier molecular flexibility index (Phi) is 9.47. The van der Waals surface area contributed by atoms with Crippen LogP contribution in [0.2, 0.25) is 16.6 Å². The van der Waals surface area contributed by atoms with Gasteiger partial charge < -0.3 is 0 Å². The summed E-state index contributed by atoms with van der Waals surface area (Å²) in [6, 6.07) is 0. The van der Waals surface area contributed by atoms with Gasteiger partial charge in [-0.25, -0.2) is 0 Å². The van der Waals surface area contributed by atoms with Crippen LogP contribution in [0.25, 0.3) is 0 Å². The molecule has 0 aliphatic rings. The maximum Gasteiger partial charge on any atom is 0.147 e. The summed E-state index contributed by atoms with van der Waals surface area (Å²) in [6.07, 6.45) is 7.67. The summed E-state index contributed by atoms with van der Waals surface area (Å²) in [5.41, 5.74) is 5.58. The van der Waals surface area contributed by atoms with Crippen molar-refractivity contribution >= 4 is 8.07 Å². The highest BCUT2D eigenvalue weighted by Gasteiger charge is 2.41. The van der Waals surface area contributed by atoms with E-state index in [9.17, 15) is 0 Å². The quantitative estimate of drug-likeness (QED) is 0.380. The average molecular weight is 297 g/mol. The molecule has 0 N–H and O–H groups in total. The molecule has 112 valence electrons. The third-order valence-electron chi connectivity index (χ3n) is 4.06. The lowest BCUT2D eigenvalue weighted by molar-refractivity contribution is 0.838. The van der Waals surface area contributed by atoms with Crippen molar-refractivity contribution < 1.29 is 0 Å². The van der Waals surface area contributed by atoms with E-state index in [-0.39, 0.29) is 0 Å². The molecule has 0 rings (SSSR count). The fourth-order valence-electron chi connectivity index (χ4n) is 3.06. The smallest absolute Gasteiger partial charge is 0.116 e. The van der Waals surface area contributed by atoms with E-state index in [0.29, 0.717) is 16.6 Å². The van der Waals surface area contributed by atoms with Gasteiger partial charge >= 0.3 is 0 Å². The van der Waals surface area contributed by atoms with Crippen LogP contribution >= 0.6 is 0 Å². The van der Waals surface area contributed by atoms with E-state index in [4.69, 9.17) is 6.42 Å². The Morgan fingerprint density at radius 3 is 1.67 bits per heavy atom. The Labute approximate surface area is 133 Å². The Balaban J connectivity index is 4.75. The van der Waals surface area contributed by atoms with E-state index < -0.39 is 8.07 Å². The molecule has 0 saturated carbocycles. The summed E-state index contributed by atoms with van der Waals surface area (Å²) in [6.45, 7) is 13.9. The maximum absolute atomic E-state index is 5.06. The average Bonchev–Trinajstić information content (AvgIpc) is 2.39. The van der Waals surface area contributed by atoms with Gasteiger partial charge in [0.05, 0.1) is 0 Å². The van der Waals surface area contributed by atoms with Gasteiger partial charge in [-0.15, -0.1) is 12.0 Å². The summed E-state index contributed by atoms with van der Waals surface area (Å²) in [7, 11) is -1.62. The zero-order valence-electron chi connectivity index (χ0n) is 14.4. The van der Waals surface area contributed by atoms with E-state index in [0.717, 1.165) is 19.3 Å². The third kappa shape index (κ3) is 6.17. The molecule has 0 atom stereocenters. The molecule has 0 radical (unpaired) electrons. The Hall–Kier alpha value is -1.54. The summed E-state index contributed by atoms with van der Waals surface area (Å²) < 4.78 is 0. The number of hydrogen-bond donors (Lipinski definition) is 0. The molecule has 1 heteroatoms. The van der Waals surface area contributed by atoms with Crippen LogP contribution in [-0.4, -0.2) is 8.07 Å². The van der Waals surface area contributed by atoms with E-state index in [2.05, 4.69) is 82.6 Å². The maximum atomic E-state index is 5.06. The topological polar surface area (TPSA) is 0 Å². The van der Waals surface area contributed by atoms with E-state index >= 15 is 0 Å². The van der Waals surface area contributed by atoms with Crippen molar-refractivity contribution in [3.63, 3.8) is 0 Å². The van der Waals surface area contributed by atoms with Crippen LogP contribution in [-0.2, 0) is 0 Å². The lowest BCUT2D eigenvalue weighted by Gasteiger charge is -2.37. The molecule has 0 aromatic rings. The van der Waals surface area contributed by atoms with Gasteiger partial charge in [-0.2, -0.15) is 0 Å². The molecule has 0 fully saturated rings. The minimum atomic E-state index is -1.62. The van der Waals surface area contributed by atoms with Gasteiger partial charge in [0.1, 0.15) is 8.07 Å². The fourth-order valence-corrected chi connectivity index (χ4v) is 8.20. The Morgan fingerprint density at radius 2 is 1.24 bits per heavy atom. The first-order valence-corrected chi connectivity index (χ1v) is 10.1. The summed E-state index contributed by atoms with van der Waals surface area (Å²) >= 11 is 0. The van der Waals surface area contributed by atoms with Crippen LogP contribution in [0, 0.1) is 47.5 Å². The van der Waals surface area contributed by atoms with Crippen molar-refractivity contribution in [2.45, 2.75) is 77.4 Å². The number of rotatable bonds is 5. The van der Waals surface area contributed by atoms with Crippen molar-refractivity contribution in [2.24, 2.45) is 0 Å². The summed E-state index contributed by atoms with van der Waals surface area (Å²) in [4.78, 5) is 0. The summed E-state index contributed by atoms with van der Waals surface area (Å²) in [5, 5.41) is 0. The molecule has 21 heavy (non-hydrogen) atoms. The number of hydrogen-bond acceptors (Lipinski definition) is 0. The van der Waals surface area contributed by atoms with Crippen molar-refractivity contribution in [1.82, 2.24) is 0 Å². The van der Waals surface area contributed by atoms with Gasteiger partial charge in [0.15, 0.2) is 0 Å². The van der Waals surface area contributed by atoms with Crippen LogP contribution in [0.5, 0.6) is 0 Å². The van der Waals surface area contributed by atoms with Crippen LogP contribution < -0.4 is 0 Å². The van der Waals surface area contributed by atoms with Crippen molar-refractivity contribution in [1.29, 1.82) is 0 Å². The monoisotopic (exact) mass is 296 g/mol. The molecule has 0 bridgehead atoms. The predicted molar refractivity (Wildman–Crippen MR) is 97.1 cm³/mol. The second-order valence-corrected chi connectivity index (χ2v) is 11.8. The first-order chi connectivity index (χ1) is 9.89. The first-order valence-electron chi connectivity index (χ1n) is 7.83. The lowest BCUT2D eigenvalue weighted by Crippen LogP contribution is -2.43. The standard InChI is InChI=1S/C20H28Si/c1-8-9-10-11-12-13-14-15-16-17-21(18(2)3,19(4)5)20(6)7/h1,18-20H,11-13H2,2-7H3. The highest BCUT2D eigenvalue weighted by atomic mass is 28.3. The molecule has 0 aromatic carbocycles. The van der Waals surface area contributed by atoms with Crippen LogP contribution in [0.3, 0.4) is 0 Å². The van der Waals surface area contributed by atoms with Gasteiger partial charge in [0.25, 0.3) is 0 Å². The number of unbranched alkanes of at least 4 members (excludes halogenated alkanes) is 2. The molecule has 0 nitrogen and oxygen atoms in total. The molecule has 0 aliphatic heterocycles. The molecule has 0 heterocycles. The predicted octanol–water partition coefficient (Wildman–Crippen LogP) is 5.02. The van der Waals surface area contributed by atoms with E-state index in [1.807, 2.05) is 0 Å². The van der Waals surface area contributed by atoms with Crippen molar-refractivity contribution in [3.8, 4) is 47.5 Å². The Morgan fingerprint density at radius 1 is 0.762 bits per heavy atom. The van der Waals surface area contributed by atoms with Gasteiger partial charge in [-0.3, -0.25) is 0 Å². The molecule has 0 aliphatic carbocycles. The zero-order valence-corrected chi connectivity index (χ0v) is 15.4. The van der Waals surface area contributed by atoms with Crippen molar-refractivity contribution in [2.75, 3.05) is 0 Å². The second-order valence-electron chi connectivity index (χ2n) is 6.25. The molecular weight excluding hydrogens is 268 g/mol. The Bertz CT molecular complexity index is 502. The van der Waals surface area contributed by atoms with E-state index in [1.54, 1.807) is 0 Å². The van der Waals surface area contributed by atoms with Crippen LogP contribution in [0.15, 0.2) is 0 Å². The molecule has 0 spiro atoms. The zero-order chi connectivity index (χ0) is 16.3. The van der Waals surface area contributed by atoms with E-state index in [1.165, 1.54) is 0 Å². The van der Waals surface area contributed by atoms with Crippen molar-refractivity contribution in [3.05, 3.63) is 0 Å². The minimum Gasteiger partial charge on any atom is -0.116 e. The SMILES string of the molecule is C#CC#CCCCC#CC#C[Si](C(C)C)(C(C)C)C(C)C. The molecule has 0 amide bonds. The van der Waals surface area contributed by atoms with Gasteiger partial charge in [0, 0.05) is 12.8 Å². The fraction of sp³-hybridized carbons (Fsp3) is 0.600. The molecule has 0 saturated heterocycles. The molecule has 0 aromatic heterocycles. The molecular formula is C20H28Si. The highest BCUT2D eigenvalue weighted by Crippen LogP contribution is 2.40. The van der Waals surface area contributed by atoms with Crippen LogP contribution in [0.4, 0.5) is 0 Å². The largest absolute Gasteiger partial charge is 0.147 e. The third-order valence-corrected chi connectivity index (χ3v) is 10.4. The van der Waals surface area contributed by atoms with Crippen LogP contribution in [0.1, 0.15) is 60.8 Å². The van der Waals surface area contributed by atoms with Gasteiger partial charge in [-0.1, -0.05) is 53.4 Å². The first kappa shape index (κ1) is 19.5. The summed E-state index contributed by atoms with van der Waals surface area (Å²) in [5.74, 6) is 17.2. The van der Waals surface area contributed by atoms with Gasteiger partial charge in [0.2, 0.25) is 0 Å². The highest BCUT2D eigenvalue weighted by molar-refractivity contribution is 6.90. The second kappa shape index (κ2) is 10.2. The lowest BCUT2D eigenvalue weighted by atomic mass is 10.2. The number of terminal acetylenes is 1. The van der Waals surface area contributed by atoms with Gasteiger partial charge in [-0.05, 0) is 46.7 Å².